The molecule has 18 heavy (non-hydrogen) atoms. The number of morpholine rings is 1. The van der Waals surface area contributed by atoms with Crippen molar-refractivity contribution in [2.45, 2.75) is 0 Å². The third-order valence-electron chi connectivity index (χ3n) is 2.74. The van der Waals surface area contributed by atoms with Crippen LogP contribution in [0.4, 0.5) is 11.4 Å². The molecule has 1 saturated heterocycles. The molecule has 0 bridgehead atoms. The smallest absolute Gasteiger partial charge is 0.238 e. The number of hydrogen-bond donors (Lipinski definition) is 2. The largest absolute Gasteiger partial charge is 0.399 e. The number of rotatable bonds is 3. The molecule has 1 amide bonds. The molecule has 1 fully saturated rings. The van der Waals surface area contributed by atoms with Gasteiger partial charge in [0.15, 0.2) is 0 Å². The van der Waals surface area contributed by atoms with Crippen LogP contribution in [0, 0.1) is 0 Å². The molecule has 5 nitrogen and oxygen atoms in total. The van der Waals surface area contributed by atoms with Crippen molar-refractivity contribution in [1.82, 2.24) is 4.90 Å². The van der Waals surface area contributed by atoms with Gasteiger partial charge in [-0.2, -0.15) is 0 Å². The van der Waals surface area contributed by atoms with Crippen LogP contribution in [0.5, 0.6) is 0 Å². The normalized spacial score (nSPS) is 16.5. The molecule has 98 valence electrons. The van der Waals surface area contributed by atoms with Gasteiger partial charge in [0.25, 0.3) is 0 Å². The molecule has 0 unspecified atom stereocenters. The number of nitrogens with two attached hydrogens (primary N) is 1. The minimum absolute atomic E-state index is 0.0387. The molecule has 3 N–H and O–H groups in total. The quantitative estimate of drug-likeness (QED) is 0.825. The first-order valence-electron chi connectivity index (χ1n) is 5.80. The zero-order valence-electron chi connectivity index (χ0n) is 9.99. The highest BCUT2D eigenvalue weighted by Crippen LogP contribution is 2.24. The van der Waals surface area contributed by atoms with Gasteiger partial charge in [-0.25, -0.2) is 0 Å². The van der Waals surface area contributed by atoms with E-state index in [9.17, 15) is 4.79 Å². The molecule has 0 radical (unpaired) electrons. The summed E-state index contributed by atoms with van der Waals surface area (Å²) in [5.41, 5.74) is 7.02. The zero-order valence-corrected chi connectivity index (χ0v) is 11.6. The van der Waals surface area contributed by atoms with Gasteiger partial charge >= 0.3 is 0 Å². The summed E-state index contributed by atoms with van der Waals surface area (Å²) >= 11 is 3.38. The van der Waals surface area contributed by atoms with E-state index in [-0.39, 0.29) is 5.91 Å². The van der Waals surface area contributed by atoms with Crippen LogP contribution in [0.3, 0.4) is 0 Å². The van der Waals surface area contributed by atoms with Crippen molar-refractivity contribution >= 4 is 33.2 Å². The second-order valence-corrected chi connectivity index (χ2v) is 5.03. The van der Waals surface area contributed by atoms with E-state index in [1.807, 2.05) is 6.07 Å². The van der Waals surface area contributed by atoms with E-state index in [4.69, 9.17) is 10.5 Å². The van der Waals surface area contributed by atoms with Crippen LogP contribution < -0.4 is 11.1 Å². The maximum absolute atomic E-state index is 11.9. The minimum atomic E-state index is -0.0387. The Morgan fingerprint density at radius 2 is 2.17 bits per heavy atom. The predicted octanol–water partition coefficient (Wildman–Crippen LogP) is 1.30. The molecule has 1 aliphatic rings. The van der Waals surface area contributed by atoms with Crippen molar-refractivity contribution in [2.24, 2.45) is 0 Å². The average Bonchev–Trinajstić information content (AvgIpc) is 2.35. The number of nitrogens with one attached hydrogen (secondary N) is 1. The summed E-state index contributed by atoms with van der Waals surface area (Å²) < 4.78 is 6.06. The number of amides is 1. The van der Waals surface area contributed by atoms with E-state index in [1.165, 1.54) is 0 Å². The summed E-state index contributed by atoms with van der Waals surface area (Å²) in [4.78, 5) is 14.0. The van der Waals surface area contributed by atoms with Crippen LogP contribution >= 0.6 is 15.9 Å². The van der Waals surface area contributed by atoms with Gasteiger partial charge < -0.3 is 15.8 Å². The Balaban J connectivity index is 1.92. The van der Waals surface area contributed by atoms with Gasteiger partial charge in [0.05, 0.1) is 25.4 Å². The molecule has 0 spiro atoms. The number of hydrogen-bond acceptors (Lipinski definition) is 4. The Bertz CT molecular complexity index is 433. The van der Waals surface area contributed by atoms with Crippen LogP contribution in [-0.2, 0) is 9.53 Å². The van der Waals surface area contributed by atoms with E-state index < -0.39 is 0 Å². The van der Waals surface area contributed by atoms with E-state index in [0.29, 0.717) is 31.1 Å². The minimum Gasteiger partial charge on any atom is -0.399 e. The van der Waals surface area contributed by atoms with Gasteiger partial charge in [-0.15, -0.1) is 0 Å². The van der Waals surface area contributed by atoms with E-state index in [0.717, 1.165) is 17.6 Å². The lowest BCUT2D eigenvalue weighted by Crippen LogP contribution is -2.41. The number of benzene rings is 1. The molecule has 2 rings (SSSR count). The number of nitrogen functional groups attached to an aromatic ring is 1. The molecule has 0 aromatic heterocycles. The first-order chi connectivity index (χ1) is 8.65. The SMILES string of the molecule is Nc1ccc(Br)c(NC(=O)CN2CCOCC2)c1. The Morgan fingerprint density at radius 3 is 2.89 bits per heavy atom. The maximum Gasteiger partial charge on any atom is 0.238 e. The predicted molar refractivity (Wildman–Crippen MR) is 74.4 cm³/mol. The number of halogens is 1. The van der Waals surface area contributed by atoms with Crippen molar-refractivity contribution < 1.29 is 9.53 Å². The fourth-order valence-electron chi connectivity index (χ4n) is 1.79. The lowest BCUT2D eigenvalue weighted by atomic mass is 10.3. The summed E-state index contributed by atoms with van der Waals surface area (Å²) in [6.45, 7) is 3.35. The molecule has 1 aromatic rings. The first kappa shape index (κ1) is 13.3. The van der Waals surface area contributed by atoms with E-state index in [2.05, 4.69) is 26.1 Å². The maximum atomic E-state index is 11.9. The third kappa shape index (κ3) is 3.69. The summed E-state index contributed by atoms with van der Waals surface area (Å²) in [6.07, 6.45) is 0. The monoisotopic (exact) mass is 313 g/mol. The summed E-state index contributed by atoms with van der Waals surface area (Å²) in [7, 11) is 0. The molecular weight excluding hydrogens is 298 g/mol. The van der Waals surface area contributed by atoms with Crippen LogP contribution in [0.1, 0.15) is 0 Å². The summed E-state index contributed by atoms with van der Waals surface area (Å²) in [5.74, 6) is -0.0387. The number of anilines is 2. The molecular formula is C12H16BrN3O2. The second-order valence-electron chi connectivity index (χ2n) is 4.18. The van der Waals surface area contributed by atoms with Gasteiger partial charge in [-0.05, 0) is 34.1 Å². The Kier molecular flexibility index (Phi) is 4.57. The van der Waals surface area contributed by atoms with E-state index in [1.54, 1.807) is 12.1 Å². The molecule has 0 atom stereocenters. The second kappa shape index (κ2) is 6.17. The first-order valence-corrected chi connectivity index (χ1v) is 6.59. The van der Waals surface area contributed by atoms with Gasteiger partial charge in [0.1, 0.15) is 0 Å². The van der Waals surface area contributed by atoms with Crippen molar-refractivity contribution in [3.05, 3.63) is 22.7 Å². The van der Waals surface area contributed by atoms with Gasteiger partial charge in [-0.1, -0.05) is 0 Å². The lowest BCUT2D eigenvalue weighted by molar-refractivity contribution is -0.118. The van der Waals surface area contributed by atoms with Crippen LogP contribution in [-0.4, -0.2) is 43.7 Å². The van der Waals surface area contributed by atoms with Crippen molar-refractivity contribution in [3.63, 3.8) is 0 Å². The van der Waals surface area contributed by atoms with Crippen LogP contribution in [0.2, 0.25) is 0 Å². The third-order valence-corrected chi connectivity index (χ3v) is 3.43. The fourth-order valence-corrected chi connectivity index (χ4v) is 2.14. The highest BCUT2D eigenvalue weighted by Gasteiger charge is 2.14. The van der Waals surface area contributed by atoms with Crippen molar-refractivity contribution in [2.75, 3.05) is 43.9 Å². The molecule has 0 saturated carbocycles. The van der Waals surface area contributed by atoms with Crippen molar-refractivity contribution in [3.8, 4) is 0 Å². The number of carbonyl (C=O) groups is 1. The number of nitrogens with zero attached hydrogens (tertiary/aromatic N) is 1. The molecule has 1 aliphatic heterocycles. The molecule has 1 heterocycles. The highest BCUT2D eigenvalue weighted by molar-refractivity contribution is 9.10. The molecule has 0 aliphatic carbocycles. The number of ether oxygens (including phenoxy) is 1. The van der Waals surface area contributed by atoms with E-state index >= 15 is 0 Å². The number of carbonyl (C=O) groups excluding carboxylic acids is 1. The van der Waals surface area contributed by atoms with Crippen LogP contribution in [0.25, 0.3) is 0 Å². The van der Waals surface area contributed by atoms with Gasteiger partial charge in [-0.3, -0.25) is 9.69 Å². The Hall–Kier alpha value is -1.11. The topological polar surface area (TPSA) is 67.6 Å². The van der Waals surface area contributed by atoms with Gasteiger partial charge in [0.2, 0.25) is 5.91 Å². The summed E-state index contributed by atoms with van der Waals surface area (Å²) in [6, 6.07) is 5.34. The summed E-state index contributed by atoms with van der Waals surface area (Å²) in [5, 5.41) is 2.85. The Morgan fingerprint density at radius 1 is 1.44 bits per heavy atom. The standard InChI is InChI=1S/C12H16BrN3O2/c13-10-2-1-9(14)7-11(10)15-12(17)8-16-3-5-18-6-4-16/h1-2,7H,3-6,8,14H2,(H,15,17). The van der Waals surface area contributed by atoms with Gasteiger partial charge in [0, 0.05) is 23.2 Å². The average molecular weight is 314 g/mol. The Labute approximate surface area is 114 Å². The van der Waals surface area contributed by atoms with Crippen LogP contribution in [0.15, 0.2) is 22.7 Å². The fraction of sp³-hybridized carbons (Fsp3) is 0.417. The zero-order chi connectivity index (χ0) is 13.0. The highest BCUT2D eigenvalue weighted by atomic mass is 79.9. The lowest BCUT2D eigenvalue weighted by Gasteiger charge is -2.25. The van der Waals surface area contributed by atoms with Crippen molar-refractivity contribution in [1.29, 1.82) is 0 Å². The molecule has 6 heteroatoms. The molecule has 1 aromatic carbocycles.